The van der Waals surface area contributed by atoms with Gasteiger partial charge in [-0.1, -0.05) is 11.6 Å². The fraction of sp³-hybridized carbons (Fsp3) is 0.421. The highest BCUT2D eigenvalue weighted by atomic mass is 35.5. The topological polar surface area (TPSA) is 172 Å². The largest absolute Gasteiger partial charge is 0.492 e. The number of aromatic carboxylic acids is 1. The van der Waals surface area contributed by atoms with Gasteiger partial charge < -0.3 is 29.2 Å². The number of piperidine rings is 1. The summed E-state index contributed by atoms with van der Waals surface area (Å²) in [6.45, 7) is 1.66. The number of fused-ring (bicyclic) bond motifs is 3. The molecule has 6 heterocycles. The first-order chi connectivity index (χ1) is 27.0. The molecule has 4 fully saturated rings. The predicted octanol–water partition coefficient (Wildman–Crippen LogP) is 4.00. The number of aliphatic imine (C=N–C) groups is 1. The van der Waals surface area contributed by atoms with Crippen molar-refractivity contribution in [3.05, 3.63) is 85.4 Å². The summed E-state index contributed by atoms with van der Waals surface area (Å²) in [6, 6.07) is 7.72. The molecule has 0 spiro atoms. The Balaban J connectivity index is 1.01. The van der Waals surface area contributed by atoms with E-state index in [4.69, 9.17) is 21.1 Å². The van der Waals surface area contributed by atoms with Crippen LogP contribution in [0.3, 0.4) is 0 Å². The molecule has 4 atom stereocenters. The molecule has 18 heteroatoms. The second-order valence-electron chi connectivity index (χ2n) is 14.6. The number of ether oxygens (including phenoxy) is 2. The molecule has 4 aliphatic heterocycles. The smallest absolute Gasteiger partial charge is 0.351 e. The highest BCUT2D eigenvalue weighted by molar-refractivity contribution is 8.00. The number of anilines is 2. The molecule has 5 aliphatic rings. The molecule has 56 heavy (non-hydrogen) atoms. The lowest BCUT2D eigenvalue weighted by Gasteiger charge is -2.39. The molecule has 9 rings (SSSR count). The molecule has 0 unspecified atom stereocenters. The lowest BCUT2D eigenvalue weighted by atomic mass is 9.92. The number of aromatic nitrogens is 3. The molecule has 3 saturated heterocycles. The Morgan fingerprint density at radius 1 is 1.14 bits per heavy atom. The third-order valence-corrected chi connectivity index (χ3v) is 12.6. The van der Waals surface area contributed by atoms with Gasteiger partial charge in [-0.2, -0.15) is 4.98 Å². The number of likely N-dealkylation sites (tertiary alicyclic amines) is 1. The molecule has 2 N–H and O–H groups in total. The van der Waals surface area contributed by atoms with Crippen molar-refractivity contribution in [2.24, 2.45) is 10.9 Å². The van der Waals surface area contributed by atoms with E-state index in [1.165, 1.54) is 41.9 Å². The summed E-state index contributed by atoms with van der Waals surface area (Å²) in [4.78, 5) is 66.9. The van der Waals surface area contributed by atoms with E-state index in [1.807, 2.05) is 4.90 Å². The quantitative estimate of drug-likeness (QED) is 0.250. The Bertz CT molecular complexity index is 2460. The van der Waals surface area contributed by atoms with Crippen LogP contribution in [-0.2, 0) is 9.53 Å². The van der Waals surface area contributed by atoms with Gasteiger partial charge in [-0.25, -0.2) is 19.0 Å². The highest BCUT2D eigenvalue weighted by Crippen LogP contribution is 2.46. The third-order valence-electron chi connectivity index (χ3n) is 11.3. The van der Waals surface area contributed by atoms with Crippen molar-refractivity contribution in [3.63, 3.8) is 0 Å². The number of nitrogens with zero attached hydrogens (tertiary/aromatic N) is 7. The minimum absolute atomic E-state index is 0.0214. The van der Waals surface area contributed by atoms with Crippen LogP contribution < -0.4 is 25.7 Å². The van der Waals surface area contributed by atoms with Gasteiger partial charge in [0.05, 0.1) is 37.0 Å². The van der Waals surface area contributed by atoms with Crippen molar-refractivity contribution < 1.29 is 33.7 Å². The fourth-order valence-corrected chi connectivity index (χ4v) is 9.66. The lowest BCUT2D eigenvalue weighted by molar-refractivity contribution is -0.112. The van der Waals surface area contributed by atoms with Gasteiger partial charge in [-0.3, -0.25) is 24.0 Å². The summed E-state index contributed by atoms with van der Waals surface area (Å²) in [6.07, 6.45) is 5.62. The number of carbonyl (C=O) groups excluding carboxylic acids is 1. The number of amides is 1. The Morgan fingerprint density at radius 3 is 2.68 bits per heavy atom. The summed E-state index contributed by atoms with van der Waals surface area (Å²) in [5.41, 5.74) is -0.391. The number of aliphatic hydroxyl groups is 1. The maximum atomic E-state index is 16.3. The average molecular weight is 806 g/mol. The van der Waals surface area contributed by atoms with Gasteiger partial charge in [0.25, 0.3) is 5.91 Å². The predicted molar refractivity (Wildman–Crippen MR) is 207 cm³/mol. The van der Waals surface area contributed by atoms with Gasteiger partial charge in [0.1, 0.15) is 28.6 Å². The number of carbonyl (C=O) groups is 2. The number of carboxylic acid groups (broad SMARTS) is 1. The first-order valence-electron chi connectivity index (χ1n) is 18.4. The summed E-state index contributed by atoms with van der Waals surface area (Å²) >= 11 is 7.81. The van der Waals surface area contributed by atoms with Gasteiger partial charge in [0.15, 0.2) is 17.4 Å². The van der Waals surface area contributed by atoms with Crippen LogP contribution in [0, 0.1) is 11.7 Å². The van der Waals surface area contributed by atoms with E-state index < -0.39 is 40.1 Å². The van der Waals surface area contributed by atoms with Crippen LogP contribution in [0.4, 0.5) is 21.6 Å². The van der Waals surface area contributed by atoms with E-state index in [9.17, 15) is 29.4 Å². The van der Waals surface area contributed by atoms with E-state index in [2.05, 4.69) is 14.9 Å². The van der Waals surface area contributed by atoms with Crippen molar-refractivity contribution >= 4 is 69.0 Å². The van der Waals surface area contributed by atoms with Crippen LogP contribution in [0.25, 0.3) is 10.9 Å². The molecule has 4 aromatic rings. The second-order valence-corrected chi connectivity index (χ2v) is 16.3. The Kier molecular flexibility index (Phi) is 9.39. The van der Waals surface area contributed by atoms with Crippen molar-refractivity contribution in [1.29, 1.82) is 0 Å². The van der Waals surface area contributed by atoms with Crippen molar-refractivity contribution in [1.82, 2.24) is 19.0 Å². The van der Waals surface area contributed by atoms with Gasteiger partial charge in [-0.15, -0.1) is 11.8 Å². The number of halogens is 2. The summed E-state index contributed by atoms with van der Waals surface area (Å²) < 4.78 is 30.9. The first-order valence-corrected chi connectivity index (χ1v) is 19.8. The molecular formula is C38H37ClFN7O8S. The fourth-order valence-electron chi connectivity index (χ4n) is 8.56. The molecule has 15 nitrogen and oxygen atoms in total. The van der Waals surface area contributed by atoms with Crippen molar-refractivity contribution in [2.75, 3.05) is 55.6 Å². The first kappa shape index (κ1) is 36.8. The number of benzene rings is 2. The van der Waals surface area contributed by atoms with Crippen molar-refractivity contribution in [2.45, 2.75) is 49.4 Å². The minimum Gasteiger partial charge on any atom is -0.492 e. The summed E-state index contributed by atoms with van der Waals surface area (Å²) in [5, 5.41) is 19.5. The van der Waals surface area contributed by atoms with Crippen LogP contribution >= 0.6 is 23.4 Å². The summed E-state index contributed by atoms with van der Waals surface area (Å²) in [7, 11) is 1.43. The molecule has 1 saturated carbocycles. The zero-order valence-electron chi connectivity index (χ0n) is 30.1. The second kappa shape index (κ2) is 14.3. The third kappa shape index (κ3) is 6.25. The molecule has 0 bridgehead atoms. The van der Waals surface area contributed by atoms with Crippen LogP contribution in [0.1, 0.15) is 53.9 Å². The minimum atomic E-state index is -1.37. The monoisotopic (exact) mass is 805 g/mol. The lowest BCUT2D eigenvalue weighted by Crippen LogP contribution is -2.51. The number of hydrogen-bond donors (Lipinski definition) is 2. The molecule has 2 aromatic heterocycles. The van der Waals surface area contributed by atoms with Crippen molar-refractivity contribution in [3.8, 4) is 5.75 Å². The molecule has 0 radical (unpaired) electrons. The standard InChI is InChI=1S/C38H37ClFN7O8S/c1-54-35-32-23(34(49)24(37(51)52)14-46(32)21-5-6-21)12-25(40)33(35)44-13-19-3-2-9-43(27(19)15-44)18-47-26-7-4-20(39)11-22(26)31(36(47)50)41-28-8-10-45(38(53)42-28)29-17-56-30(16-48)55-29/h4,7-8,10-12,14,19,21,27,29-30,48H,2-3,5-6,9,13,15-18H2,1H3,(H,51,52)/t19-,27+,29-,30+/m0/s1. The van der Waals surface area contributed by atoms with E-state index in [0.29, 0.717) is 47.2 Å². The Labute approximate surface area is 327 Å². The molecule has 1 amide bonds. The van der Waals surface area contributed by atoms with Crippen LogP contribution in [0.5, 0.6) is 5.75 Å². The number of pyridine rings is 1. The van der Waals surface area contributed by atoms with Crippen LogP contribution in [-0.4, -0.2) is 104 Å². The van der Waals surface area contributed by atoms with E-state index in [1.54, 1.807) is 27.7 Å². The normalized spacial score (nSPS) is 24.4. The highest BCUT2D eigenvalue weighted by Gasteiger charge is 2.44. The van der Waals surface area contributed by atoms with E-state index in [0.717, 1.165) is 31.7 Å². The number of aliphatic hydroxyl groups excluding tert-OH is 1. The molecule has 1 aliphatic carbocycles. The Hall–Kier alpha value is -4.81. The van der Waals surface area contributed by atoms with Gasteiger partial charge in [0, 0.05) is 60.5 Å². The number of thioether (sulfide) groups is 1. The number of hydrogen-bond acceptors (Lipinski definition) is 12. The number of rotatable bonds is 9. The molecular weight excluding hydrogens is 769 g/mol. The molecule has 2 aromatic carbocycles. The van der Waals surface area contributed by atoms with Crippen LogP contribution in [0.2, 0.25) is 5.02 Å². The average Bonchev–Trinajstić information content (AvgIpc) is 3.65. The Morgan fingerprint density at radius 2 is 1.96 bits per heavy atom. The van der Waals surface area contributed by atoms with Crippen LogP contribution in [0.15, 0.2) is 57.3 Å². The van der Waals surface area contributed by atoms with Gasteiger partial charge >= 0.3 is 11.7 Å². The zero-order chi connectivity index (χ0) is 39.0. The van der Waals surface area contributed by atoms with E-state index >= 15 is 4.39 Å². The number of carboxylic acids is 1. The maximum Gasteiger partial charge on any atom is 0.351 e. The summed E-state index contributed by atoms with van der Waals surface area (Å²) in [5.74, 6) is -1.58. The van der Waals surface area contributed by atoms with Gasteiger partial charge in [-0.05, 0) is 61.9 Å². The van der Waals surface area contributed by atoms with E-state index in [-0.39, 0.29) is 65.5 Å². The maximum absolute atomic E-state index is 16.3. The number of methoxy groups -OCH3 is 1. The zero-order valence-corrected chi connectivity index (χ0v) is 31.7. The van der Waals surface area contributed by atoms with Gasteiger partial charge in [0.2, 0.25) is 5.43 Å². The molecule has 292 valence electrons. The SMILES string of the molecule is COc1c(N2C[C@@H]3CCCN(CN4C(=O)C(=Nc5ccn([C@@H]6CS[C@H](CO)O6)c(=O)n5)c5cc(Cl)ccc54)[C@@H]3C2)c(F)cc2c(=O)c(C(=O)O)cn(C3CC3)c12.